The molecule has 172 valence electrons. The number of hydrogen-bond donors (Lipinski definition) is 2. The van der Waals surface area contributed by atoms with Crippen LogP contribution in [0.5, 0.6) is 0 Å². The molecule has 0 saturated carbocycles. The van der Waals surface area contributed by atoms with Gasteiger partial charge in [0.25, 0.3) is 0 Å². The van der Waals surface area contributed by atoms with Gasteiger partial charge in [0.15, 0.2) is 0 Å². The highest BCUT2D eigenvalue weighted by molar-refractivity contribution is 7.89. The number of carbonyl (C=O) groups excluding carboxylic acids is 1. The minimum absolute atomic E-state index is 0.278. The molecule has 9 heteroatoms. The molecule has 8 nitrogen and oxygen atoms in total. The van der Waals surface area contributed by atoms with Crippen LogP contribution < -0.4 is 15.1 Å². The van der Waals surface area contributed by atoms with Gasteiger partial charge in [-0.05, 0) is 63.6 Å². The van der Waals surface area contributed by atoms with Crippen LogP contribution in [0.4, 0.5) is 10.5 Å². The minimum atomic E-state index is -3.61. The summed E-state index contributed by atoms with van der Waals surface area (Å²) in [6.45, 7) is 5.96. The van der Waals surface area contributed by atoms with Gasteiger partial charge in [0.1, 0.15) is 5.60 Å². The molecule has 0 aliphatic carbocycles. The second-order valence-electron chi connectivity index (χ2n) is 8.47. The number of sulfonamides is 1. The van der Waals surface area contributed by atoms with Crippen molar-refractivity contribution in [1.82, 2.24) is 10.2 Å². The summed E-state index contributed by atoms with van der Waals surface area (Å²) < 4.78 is 33.3. The van der Waals surface area contributed by atoms with Crippen LogP contribution in [0.25, 0.3) is 10.8 Å². The zero-order valence-electron chi connectivity index (χ0n) is 18.9. The van der Waals surface area contributed by atoms with Crippen molar-refractivity contribution in [3.05, 3.63) is 36.4 Å². The molecule has 2 rings (SSSR count). The summed E-state index contributed by atoms with van der Waals surface area (Å²) in [4.78, 5) is 18.8. The number of benzene rings is 2. The Kier molecular flexibility index (Phi) is 8.67. The fraction of sp³-hybridized carbons (Fsp3) is 0.500. The first-order chi connectivity index (χ1) is 14.5. The molecule has 0 bridgehead atoms. The third-order valence-corrected chi connectivity index (χ3v) is 5.92. The van der Waals surface area contributed by atoms with Crippen LogP contribution in [0.3, 0.4) is 0 Å². The van der Waals surface area contributed by atoms with Gasteiger partial charge in [0.05, 0.1) is 11.5 Å². The Morgan fingerprint density at radius 1 is 1.06 bits per heavy atom. The number of fused-ring (bicyclic) bond motifs is 1. The smallest absolute Gasteiger partial charge is 0.431 e. The monoisotopic (exact) mass is 451 g/mol. The van der Waals surface area contributed by atoms with E-state index in [1.165, 1.54) is 0 Å². The highest BCUT2D eigenvalue weighted by atomic mass is 32.2. The Labute approximate surface area is 184 Å². The van der Waals surface area contributed by atoms with Crippen LogP contribution in [-0.2, 0) is 19.6 Å². The first-order valence-electron chi connectivity index (χ1n) is 10.3. The largest absolute Gasteiger partial charge is 0.442 e. The van der Waals surface area contributed by atoms with Gasteiger partial charge in [-0.1, -0.05) is 18.2 Å². The summed E-state index contributed by atoms with van der Waals surface area (Å²) in [5.74, 6) is 0. The molecule has 0 fully saturated rings. The van der Waals surface area contributed by atoms with E-state index in [2.05, 4.69) is 10.2 Å². The van der Waals surface area contributed by atoms with Crippen molar-refractivity contribution >= 4 is 32.6 Å². The average Bonchev–Trinajstić information content (AvgIpc) is 2.67. The van der Waals surface area contributed by atoms with Gasteiger partial charge in [-0.15, -0.1) is 0 Å². The lowest BCUT2D eigenvalue weighted by Gasteiger charge is -2.19. The minimum Gasteiger partial charge on any atom is -0.442 e. The Morgan fingerprint density at radius 3 is 2.48 bits per heavy atom. The molecule has 2 N–H and O–H groups in total. The lowest BCUT2D eigenvalue weighted by Crippen LogP contribution is -2.32. The number of unbranched alkanes of at least 4 members (excludes halogenated alkanes) is 2. The molecule has 2 aromatic rings. The molecule has 1 amide bonds. The van der Waals surface area contributed by atoms with Crippen molar-refractivity contribution in [1.29, 1.82) is 0 Å². The van der Waals surface area contributed by atoms with E-state index in [4.69, 9.17) is 9.57 Å². The molecule has 0 aliphatic heterocycles. The Morgan fingerprint density at radius 2 is 1.81 bits per heavy atom. The van der Waals surface area contributed by atoms with Crippen LogP contribution in [0.1, 0.15) is 40.0 Å². The third kappa shape index (κ3) is 8.01. The standard InChI is InChI=1S/C22H33N3O5S/c1-22(2,3)30-21(26)24-29-15-8-6-7-14-23-31(27,28)20-11-9-10-17-16-18(25(4)5)12-13-19(17)20/h9-13,16,23H,6-8,14-15H2,1-5H3,(H,24,26). The summed E-state index contributed by atoms with van der Waals surface area (Å²) in [7, 11) is 0.278. The fourth-order valence-electron chi connectivity index (χ4n) is 2.92. The Hall–Kier alpha value is -2.36. The van der Waals surface area contributed by atoms with Crippen molar-refractivity contribution in [2.24, 2.45) is 0 Å². The second-order valence-corrected chi connectivity index (χ2v) is 10.2. The number of hydrogen-bond acceptors (Lipinski definition) is 6. The van der Waals surface area contributed by atoms with Crippen LogP contribution in [0.2, 0.25) is 0 Å². The molecular formula is C22H33N3O5S. The molecule has 2 aromatic carbocycles. The molecular weight excluding hydrogens is 418 g/mol. The SMILES string of the molecule is CN(C)c1ccc2c(S(=O)(=O)NCCCCCONC(=O)OC(C)(C)C)cccc2c1. The highest BCUT2D eigenvalue weighted by Crippen LogP contribution is 2.26. The van der Waals surface area contributed by atoms with Crippen molar-refractivity contribution in [3.8, 4) is 0 Å². The third-order valence-electron chi connectivity index (χ3n) is 4.40. The lowest BCUT2D eigenvalue weighted by molar-refractivity contribution is -0.00857. The van der Waals surface area contributed by atoms with Gasteiger partial charge < -0.3 is 9.64 Å². The second kappa shape index (κ2) is 10.8. The van der Waals surface area contributed by atoms with Crippen molar-refractivity contribution < 1.29 is 22.8 Å². The van der Waals surface area contributed by atoms with E-state index in [1.807, 2.05) is 43.3 Å². The van der Waals surface area contributed by atoms with E-state index in [1.54, 1.807) is 32.9 Å². The van der Waals surface area contributed by atoms with Crippen LogP contribution in [0, 0.1) is 0 Å². The van der Waals surface area contributed by atoms with Crippen molar-refractivity contribution in [2.75, 3.05) is 32.1 Å². The summed E-state index contributed by atoms with van der Waals surface area (Å²) in [6, 6.07) is 11.0. The number of ether oxygens (including phenoxy) is 1. The van der Waals surface area contributed by atoms with E-state index >= 15 is 0 Å². The molecule has 0 unspecified atom stereocenters. The normalized spacial score (nSPS) is 12.0. The molecule has 0 saturated heterocycles. The molecule has 0 aliphatic rings. The van der Waals surface area contributed by atoms with Gasteiger partial charge >= 0.3 is 6.09 Å². The maximum Gasteiger partial charge on any atom is 0.431 e. The molecule has 0 aromatic heterocycles. The number of nitrogens with zero attached hydrogens (tertiary/aromatic N) is 1. The van der Waals surface area contributed by atoms with E-state index in [9.17, 15) is 13.2 Å². The van der Waals surface area contributed by atoms with Crippen LogP contribution >= 0.6 is 0 Å². The van der Waals surface area contributed by atoms with Gasteiger partial charge in [0, 0.05) is 31.7 Å². The van der Waals surface area contributed by atoms with E-state index in [0.717, 1.165) is 17.5 Å². The fourth-order valence-corrected chi connectivity index (χ4v) is 4.22. The van der Waals surface area contributed by atoms with Gasteiger partial charge in [0.2, 0.25) is 10.0 Å². The Balaban J connectivity index is 1.78. The summed E-state index contributed by atoms with van der Waals surface area (Å²) >= 11 is 0. The number of rotatable bonds is 10. The summed E-state index contributed by atoms with van der Waals surface area (Å²) in [5, 5.41) is 1.57. The highest BCUT2D eigenvalue weighted by Gasteiger charge is 2.17. The number of anilines is 1. The zero-order chi connectivity index (χ0) is 23.1. The predicted octanol–water partition coefficient (Wildman–Crippen LogP) is 3.81. The quantitative estimate of drug-likeness (QED) is 0.421. The average molecular weight is 452 g/mol. The lowest BCUT2D eigenvalue weighted by atomic mass is 10.1. The topological polar surface area (TPSA) is 97.0 Å². The van der Waals surface area contributed by atoms with Gasteiger partial charge in [-0.2, -0.15) is 5.48 Å². The number of amides is 1. The molecule has 0 atom stereocenters. The van der Waals surface area contributed by atoms with Crippen LogP contribution in [-0.4, -0.2) is 47.4 Å². The maximum absolute atomic E-state index is 12.8. The predicted molar refractivity (Wildman–Crippen MR) is 123 cm³/mol. The Bertz CT molecular complexity index is 984. The van der Waals surface area contributed by atoms with E-state index < -0.39 is 21.7 Å². The molecule has 0 heterocycles. The van der Waals surface area contributed by atoms with Crippen molar-refractivity contribution in [3.63, 3.8) is 0 Å². The molecule has 31 heavy (non-hydrogen) atoms. The summed E-state index contributed by atoms with van der Waals surface area (Å²) in [5.41, 5.74) is 2.66. The number of nitrogens with one attached hydrogen (secondary N) is 2. The molecule has 0 radical (unpaired) electrons. The summed E-state index contributed by atoms with van der Waals surface area (Å²) in [6.07, 6.45) is 1.46. The zero-order valence-corrected chi connectivity index (χ0v) is 19.7. The maximum atomic E-state index is 12.8. The van der Waals surface area contributed by atoms with Gasteiger partial charge in [-0.3, -0.25) is 4.84 Å². The van der Waals surface area contributed by atoms with Crippen LogP contribution in [0.15, 0.2) is 41.3 Å². The first-order valence-corrected chi connectivity index (χ1v) is 11.8. The van der Waals surface area contributed by atoms with Crippen molar-refractivity contribution in [2.45, 2.75) is 50.5 Å². The number of hydroxylamine groups is 1. The van der Waals surface area contributed by atoms with Gasteiger partial charge in [-0.25, -0.2) is 17.9 Å². The van der Waals surface area contributed by atoms with E-state index in [-0.39, 0.29) is 4.90 Å². The number of carbonyl (C=O) groups is 1. The first kappa shape index (κ1) is 24.9. The molecule has 0 spiro atoms. The van der Waals surface area contributed by atoms with E-state index in [0.29, 0.717) is 31.4 Å².